The van der Waals surface area contributed by atoms with E-state index in [1.807, 2.05) is 12.1 Å². The monoisotopic (exact) mass is 1170 g/mol. The van der Waals surface area contributed by atoms with Crippen LogP contribution in [0.25, 0.3) is 221 Å². The fraction of sp³-hybridized carbons (Fsp3) is 0. The van der Waals surface area contributed by atoms with Gasteiger partial charge in [-0.15, -0.1) is 6.07 Å². The molecule has 0 amide bonds. The van der Waals surface area contributed by atoms with Gasteiger partial charge in [0.1, 0.15) is 67.6 Å². The van der Waals surface area contributed by atoms with E-state index in [4.69, 9.17) is 17.7 Å². The van der Waals surface area contributed by atoms with Gasteiger partial charge in [0.25, 0.3) is 0 Å². The average Bonchev–Trinajstić information content (AvgIpc) is 0.698. The summed E-state index contributed by atoms with van der Waals surface area (Å²) in [5.74, 6) is 0. The number of hydrogen-bond acceptors (Lipinski definition) is 2. The first-order valence-electron chi connectivity index (χ1n) is 31.3. The number of allylic oxidation sites excluding steroid dienone is 2. The van der Waals surface area contributed by atoms with Crippen molar-refractivity contribution in [3.8, 4) is 44.5 Å². The van der Waals surface area contributed by atoms with Crippen molar-refractivity contribution in [1.82, 2.24) is 0 Å². The molecule has 0 unspecified atom stereocenters. The second-order valence-electron chi connectivity index (χ2n) is 24.5. The minimum absolute atomic E-state index is 0.747. The van der Waals surface area contributed by atoms with Crippen LogP contribution < -0.4 is 10.4 Å². The molecule has 0 saturated heterocycles. The van der Waals surface area contributed by atoms with Gasteiger partial charge < -0.3 is 8.83 Å². The van der Waals surface area contributed by atoms with Crippen LogP contribution in [0.2, 0.25) is 0 Å². The van der Waals surface area contributed by atoms with E-state index in [0.717, 1.165) is 175 Å². The summed E-state index contributed by atoms with van der Waals surface area (Å²) in [4.78, 5) is 0. The summed E-state index contributed by atoms with van der Waals surface area (Å²) < 4.78 is 28.7. The lowest BCUT2D eigenvalue weighted by Gasteiger charge is -2.23. The molecule has 0 atom stereocenters. The van der Waals surface area contributed by atoms with Crippen molar-refractivity contribution < 1.29 is 17.7 Å². The lowest BCUT2D eigenvalue weighted by Crippen LogP contribution is -2.06. The van der Waals surface area contributed by atoms with E-state index in [0.29, 0.717) is 0 Å². The van der Waals surface area contributed by atoms with Gasteiger partial charge in [0.05, 0.1) is 27.8 Å². The van der Waals surface area contributed by atoms with Gasteiger partial charge in [-0.05, 0) is 73.5 Å². The van der Waals surface area contributed by atoms with Crippen molar-refractivity contribution in [3.63, 3.8) is 0 Å². The van der Waals surface area contributed by atoms with Crippen molar-refractivity contribution in [2.75, 3.05) is 0 Å². The summed E-state index contributed by atoms with van der Waals surface area (Å²) >= 11 is 0. The molecular weight excluding hydrogens is 1120 g/mol. The molecular formula is C88H45O4+3. The SMILES string of the molecule is [C+]1=Cc2ccc3c4c(-c5ccccc5)c5[o+]c6ccc7cccc8ccc(c5c(-c5ccccc5)c4[o+]c4ccc(c2c43)=C1)c6c78.[C+]1=Cc2ccc3c4c(-c5ccccc5)c5oc6ccc7cccc8ccc(c5c(-c5ccccc5)c4oc4[c-]cc(c2c43)=C1)c6c78. The normalized spacial score (nSPS) is 12.7. The number of rotatable bonds is 4. The summed E-state index contributed by atoms with van der Waals surface area (Å²) in [6.07, 6.45) is 14.8. The summed E-state index contributed by atoms with van der Waals surface area (Å²) in [6, 6.07) is 91.9. The van der Waals surface area contributed by atoms with Crippen LogP contribution in [0.3, 0.4) is 0 Å². The average molecular weight is 1170 g/mol. The van der Waals surface area contributed by atoms with E-state index in [-0.39, 0.29) is 0 Å². The quantitative estimate of drug-likeness (QED) is 0.0763. The summed E-state index contributed by atoms with van der Waals surface area (Å²) in [5.41, 5.74) is 17.6. The molecule has 16 aromatic carbocycles. The Kier molecular flexibility index (Phi) is 10.0. The van der Waals surface area contributed by atoms with Crippen LogP contribution in [0.1, 0.15) is 11.1 Å². The van der Waals surface area contributed by atoms with Gasteiger partial charge in [0.15, 0.2) is 0 Å². The van der Waals surface area contributed by atoms with Crippen molar-refractivity contribution in [3.05, 3.63) is 289 Å². The molecule has 4 aromatic heterocycles. The maximum Gasteiger partial charge on any atom is 0.371 e. The van der Waals surface area contributed by atoms with Gasteiger partial charge in [-0.3, -0.25) is 0 Å². The summed E-state index contributed by atoms with van der Waals surface area (Å²) in [7, 11) is 0. The van der Waals surface area contributed by atoms with E-state index in [9.17, 15) is 0 Å². The molecule has 0 saturated carbocycles. The highest BCUT2D eigenvalue weighted by Gasteiger charge is 2.38. The van der Waals surface area contributed by atoms with Crippen LogP contribution in [-0.2, 0) is 0 Å². The predicted octanol–water partition coefficient (Wildman–Crippen LogP) is 23.0. The molecule has 4 nitrogen and oxygen atoms in total. The third-order valence-electron chi connectivity index (χ3n) is 19.7. The van der Waals surface area contributed by atoms with E-state index < -0.39 is 0 Å². The van der Waals surface area contributed by atoms with Gasteiger partial charge >= 0.3 is 22.3 Å². The van der Waals surface area contributed by atoms with Crippen molar-refractivity contribution in [2.24, 2.45) is 0 Å². The van der Waals surface area contributed by atoms with E-state index >= 15 is 0 Å². The Morgan fingerprint density at radius 1 is 0.293 bits per heavy atom. The van der Waals surface area contributed by atoms with Crippen LogP contribution in [0.5, 0.6) is 0 Å². The molecule has 20 aromatic rings. The zero-order valence-electron chi connectivity index (χ0n) is 49.1. The maximum atomic E-state index is 7.19. The maximum absolute atomic E-state index is 7.19. The zero-order valence-corrected chi connectivity index (χ0v) is 49.1. The second kappa shape index (κ2) is 18.6. The Labute approximate surface area is 524 Å². The molecule has 4 heteroatoms. The van der Waals surface area contributed by atoms with E-state index in [2.05, 4.69) is 279 Å². The van der Waals surface area contributed by atoms with Crippen molar-refractivity contribution in [2.45, 2.75) is 0 Å². The molecule has 2 aliphatic carbocycles. The standard InChI is InChI=1S/C44H23O2.C44H22O2/c2*1-3-9-25(10-4-1)37-41-31-21-17-27-13-7-15-29-20-24-34(39(31)35(27)29)46-44(41)38(26-11-5-2-6-12-26)42-32-22-18-28-14-8-16-30-19-23-33(45-43(37)42)40(32)36(28)30/h1-7,9-24H;1-7,9-22,24H/q+3;. The highest BCUT2D eigenvalue weighted by atomic mass is 16.3. The molecule has 4 heterocycles. The van der Waals surface area contributed by atoms with Crippen molar-refractivity contribution >= 4 is 177 Å². The first-order valence-corrected chi connectivity index (χ1v) is 31.3. The molecule has 0 fully saturated rings. The van der Waals surface area contributed by atoms with Gasteiger partial charge in [-0.25, -0.2) is 8.83 Å². The Morgan fingerprint density at radius 3 is 1.27 bits per heavy atom. The molecule has 0 bridgehead atoms. The third-order valence-corrected chi connectivity index (χ3v) is 19.7. The first kappa shape index (κ1) is 49.6. The van der Waals surface area contributed by atoms with Crippen LogP contribution in [0, 0.1) is 18.2 Å². The Balaban J connectivity index is 0.000000124. The fourth-order valence-corrected chi connectivity index (χ4v) is 16.0. The predicted molar refractivity (Wildman–Crippen MR) is 382 cm³/mol. The summed E-state index contributed by atoms with van der Waals surface area (Å²) in [6.45, 7) is 0. The highest BCUT2D eigenvalue weighted by molar-refractivity contribution is 6.38. The number of hydrogen-bond donors (Lipinski definition) is 0. The third kappa shape index (κ3) is 6.75. The molecule has 0 spiro atoms. The Hall–Kier alpha value is -12.4. The van der Waals surface area contributed by atoms with Crippen LogP contribution >= 0.6 is 0 Å². The first-order chi connectivity index (χ1) is 45.7. The molecule has 92 heavy (non-hydrogen) atoms. The van der Waals surface area contributed by atoms with Gasteiger partial charge in [0.2, 0.25) is 0 Å². The largest absolute Gasteiger partial charge is 0.481 e. The van der Waals surface area contributed by atoms with Crippen LogP contribution in [0.4, 0.5) is 0 Å². The minimum atomic E-state index is 0.747. The number of benzene rings is 16. The van der Waals surface area contributed by atoms with Crippen LogP contribution in [0.15, 0.2) is 266 Å². The van der Waals surface area contributed by atoms with Crippen LogP contribution in [-0.4, -0.2) is 0 Å². The molecule has 22 rings (SSSR count). The zero-order chi connectivity index (χ0) is 59.9. The number of fused-ring (bicyclic) bond motifs is 8. The second-order valence-corrected chi connectivity index (χ2v) is 24.5. The van der Waals surface area contributed by atoms with E-state index in [1.165, 1.54) is 43.1 Å². The topological polar surface area (TPSA) is 48.9 Å². The van der Waals surface area contributed by atoms with E-state index in [1.54, 1.807) is 0 Å². The smallest absolute Gasteiger partial charge is 0.371 e. The lowest BCUT2D eigenvalue weighted by atomic mass is 9.85. The molecule has 0 aliphatic heterocycles. The Morgan fingerprint density at radius 2 is 0.717 bits per heavy atom. The Bertz CT molecular complexity index is 6370. The minimum Gasteiger partial charge on any atom is -0.481 e. The fourth-order valence-electron chi connectivity index (χ4n) is 16.0. The molecule has 2 aliphatic rings. The van der Waals surface area contributed by atoms with Gasteiger partial charge in [0, 0.05) is 90.8 Å². The molecule has 418 valence electrons. The highest BCUT2D eigenvalue weighted by Crippen LogP contribution is 2.54. The molecule has 0 radical (unpaired) electrons. The lowest BCUT2D eigenvalue weighted by molar-refractivity contribution is 0.656. The molecule has 0 N–H and O–H groups in total. The summed E-state index contributed by atoms with van der Waals surface area (Å²) in [5, 5.41) is 25.2. The van der Waals surface area contributed by atoms with Gasteiger partial charge in [-0.1, -0.05) is 216 Å². The van der Waals surface area contributed by atoms with Gasteiger partial charge in [-0.2, -0.15) is 6.07 Å². The van der Waals surface area contributed by atoms with Crippen molar-refractivity contribution in [1.29, 1.82) is 0 Å².